The Morgan fingerprint density at radius 1 is 1.25 bits per heavy atom. The zero-order chi connectivity index (χ0) is 14.2. The molecule has 2 N–H and O–H groups in total. The third-order valence-electron chi connectivity index (χ3n) is 3.84. The highest BCUT2D eigenvalue weighted by Crippen LogP contribution is 2.13. The second kappa shape index (κ2) is 8.02. The van der Waals surface area contributed by atoms with Gasteiger partial charge in [-0.25, -0.2) is 0 Å². The molecule has 4 heteroatoms. The van der Waals surface area contributed by atoms with Crippen molar-refractivity contribution in [1.82, 2.24) is 10.2 Å². The number of carboxylic acid groups (broad SMARTS) is 1. The van der Waals surface area contributed by atoms with Gasteiger partial charge in [0, 0.05) is 19.0 Å². The summed E-state index contributed by atoms with van der Waals surface area (Å²) in [5.74, 6) is -0.704. The summed E-state index contributed by atoms with van der Waals surface area (Å²) in [5.41, 5.74) is 1.38. The van der Waals surface area contributed by atoms with Gasteiger partial charge in [0.25, 0.3) is 0 Å². The van der Waals surface area contributed by atoms with E-state index in [1.165, 1.54) is 5.56 Å². The number of carboxylic acids is 1. The molecule has 0 unspecified atom stereocenters. The lowest BCUT2D eigenvalue weighted by atomic mass is 10.0. The fourth-order valence-corrected chi connectivity index (χ4v) is 2.68. The van der Waals surface area contributed by atoms with Crippen LogP contribution in [0.5, 0.6) is 0 Å². The molecule has 20 heavy (non-hydrogen) atoms. The molecule has 1 aliphatic rings. The van der Waals surface area contributed by atoms with Gasteiger partial charge in [0.2, 0.25) is 0 Å². The van der Waals surface area contributed by atoms with Crippen LogP contribution >= 0.6 is 0 Å². The van der Waals surface area contributed by atoms with Crippen LogP contribution in [-0.4, -0.2) is 41.7 Å². The van der Waals surface area contributed by atoms with Gasteiger partial charge in [0.1, 0.15) is 0 Å². The minimum absolute atomic E-state index is 0.264. The number of aliphatic carboxylic acids is 1. The van der Waals surface area contributed by atoms with Gasteiger partial charge in [-0.05, 0) is 44.5 Å². The Kier molecular flexibility index (Phi) is 6.02. The maximum absolute atomic E-state index is 10.4. The maximum Gasteiger partial charge on any atom is 0.303 e. The third kappa shape index (κ3) is 5.31. The van der Waals surface area contributed by atoms with Crippen molar-refractivity contribution in [2.45, 2.75) is 38.3 Å². The highest BCUT2D eigenvalue weighted by Gasteiger charge is 2.18. The molecule has 0 aliphatic carbocycles. The van der Waals surface area contributed by atoms with E-state index in [1.807, 2.05) is 0 Å². The third-order valence-corrected chi connectivity index (χ3v) is 3.84. The molecule has 2 rings (SSSR count). The van der Waals surface area contributed by atoms with Crippen LogP contribution in [0.15, 0.2) is 30.3 Å². The average molecular weight is 276 g/mol. The van der Waals surface area contributed by atoms with Crippen LogP contribution < -0.4 is 5.32 Å². The first kappa shape index (κ1) is 15.0. The van der Waals surface area contributed by atoms with Crippen molar-refractivity contribution < 1.29 is 9.90 Å². The van der Waals surface area contributed by atoms with E-state index in [0.717, 1.165) is 45.4 Å². The zero-order valence-electron chi connectivity index (χ0n) is 11.9. The average Bonchev–Trinajstić information content (AvgIpc) is 2.46. The molecule has 1 heterocycles. The van der Waals surface area contributed by atoms with E-state index in [0.29, 0.717) is 6.04 Å². The fraction of sp³-hybridized carbons (Fsp3) is 0.562. The molecule has 0 amide bonds. The summed E-state index contributed by atoms with van der Waals surface area (Å²) in [4.78, 5) is 12.9. The quantitative estimate of drug-likeness (QED) is 0.749. The Balaban J connectivity index is 1.61. The van der Waals surface area contributed by atoms with E-state index < -0.39 is 5.97 Å². The molecule has 0 radical (unpaired) electrons. The monoisotopic (exact) mass is 276 g/mol. The van der Waals surface area contributed by atoms with Gasteiger partial charge in [0.15, 0.2) is 0 Å². The van der Waals surface area contributed by atoms with E-state index in [-0.39, 0.29) is 6.42 Å². The predicted octanol–water partition coefficient (Wildman–Crippen LogP) is 2.11. The van der Waals surface area contributed by atoms with Crippen molar-refractivity contribution in [2.24, 2.45) is 0 Å². The summed E-state index contributed by atoms with van der Waals surface area (Å²) in [5, 5.41) is 12.1. The van der Waals surface area contributed by atoms with Crippen molar-refractivity contribution >= 4 is 5.97 Å². The summed E-state index contributed by atoms with van der Waals surface area (Å²) in [7, 11) is 0. The Labute approximate surface area is 120 Å². The summed E-state index contributed by atoms with van der Waals surface area (Å²) in [6, 6.07) is 11.1. The number of benzene rings is 1. The first-order chi connectivity index (χ1) is 9.74. The van der Waals surface area contributed by atoms with Crippen molar-refractivity contribution in [3.63, 3.8) is 0 Å². The molecule has 1 fully saturated rings. The Hall–Kier alpha value is -1.39. The van der Waals surface area contributed by atoms with E-state index >= 15 is 0 Å². The largest absolute Gasteiger partial charge is 0.481 e. The molecule has 1 aromatic rings. The van der Waals surface area contributed by atoms with Crippen molar-refractivity contribution in [3.8, 4) is 0 Å². The number of rotatable bonds is 7. The molecular formula is C16H24N2O2. The smallest absolute Gasteiger partial charge is 0.303 e. The molecule has 110 valence electrons. The van der Waals surface area contributed by atoms with E-state index in [9.17, 15) is 4.79 Å². The molecular weight excluding hydrogens is 252 g/mol. The zero-order valence-corrected chi connectivity index (χ0v) is 11.9. The number of nitrogens with zero attached hydrogens (tertiary/aromatic N) is 1. The molecule has 0 aromatic heterocycles. The van der Waals surface area contributed by atoms with Crippen LogP contribution in [0.3, 0.4) is 0 Å². The molecule has 0 atom stereocenters. The highest BCUT2D eigenvalue weighted by atomic mass is 16.4. The summed E-state index contributed by atoms with van der Waals surface area (Å²) >= 11 is 0. The lowest BCUT2D eigenvalue weighted by molar-refractivity contribution is -0.137. The highest BCUT2D eigenvalue weighted by molar-refractivity contribution is 5.66. The number of hydrogen-bond donors (Lipinski definition) is 2. The molecule has 0 spiro atoms. The van der Waals surface area contributed by atoms with E-state index in [4.69, 9.17) is 5.11 Å². The Morgan fingerprint density at radius 2 is 1.95 bits per heavy atom. The van der Waals surface area contributed by atoms with Gasteiger partial charge in [-0.3, -0.25) is 9.69 Å². The van der Waals surface area contributed by atoms with Gasteiger partial charge in [-0.15, -0.1) is 0 Å². The second-order valence-electron chi connectivity index (χ2n) is 5.49. The van der Waals surface area contributed by atoms with Crippen molar-refractivity contribution in [1.29, 1.82) is 0 Å². The summed E-state index contributed by atoms with van der Waals surface area (Å²) < 4.78 is 0. The van der Waals surface area contributed by atoms with E-state index in [1.54, 1.807) is 0 Å². The summed E-state index contributed by atoms with van der Waals surface area (Å²) in [6.45, 7) is 4.08. The Morgan fingerprint density at radius 3 is 2.60 bits per heavy atom. The molecule has 1 aliphatic heterocycles. The van der Waals surface area contributed by atoms with Crippen LogP contribution in [-0.2, 0) is 11.3 Å². The number of nitrogens with one attached hydrogen (secondary N) is 1. The normalized spacial score (nSPS) is 17.2. The van der Waals surface area contributed by atoms with Gasteiger partial charge in [-0.1, -0.05) is 30.3 Å². The van der Waals surface area contributed by atoms with Crippen LogP contribution in [0.2, 0.25) is 0 Å². The number of carbonyl (C=O) groups is 1. The number of piperidine rings is 1. The SMILES string of the molecule is O=C(O)CCCNC1CCN(Cc2ccccc2)CC1. The first-order valence-corrected chi connectivity index (χ1v) is 7.45. The van der Waals surface area contributed by atoms with Gasteiger partial charge in [-0.2, -0.15) is 0 Å². The molecule has 1 saturated heterocycles. The number of hydrogen-bond acceptors (Lipinski definition) is 3. The first-order valence-electron chi connectivity index (χ1n) is 7.45. The number of likely N-dealkylation sites (tertiary alicyclic amines) is 1. The van der Waals surface area contributed by atoms with Gasteiger partial charge in [0.05, 0.1) is 0 Å². The topological polar surface area (TPSA) is 52.6 Å². The van der Waals surface area contributed by atoms with Crippen LogP contribution in [0.1, 0.15) is 31.2 Å². The molecule has 4 nitrogen and oxygen atoms in total. The standard InChI is InChI=1S/C16H24N2O2/c19-16(20)7-4-10-17-15-8-11-18(12-9-15)13-14-5-2-1-3-6-14/h1-3,5-6,15,17H,4,7-13H2,(H,19,20). The fourth-order valence-electron chi connectivity index (χ4n) is 2.68. The second-order valence-corrected chi connectivity index (χ2v) is 5.49. The molecule has 0 bridgehead atoms. The van der Waals surface area contributed by atoms with Crippen LogP contribution in [0.25, 0.3) is 0 Å². The molecule has 0 saturated carbocycles. The van der Waals surface area contributed by atoms with Crippen molar-refractivity contribution in [2.75, 3.05) is 19.6 Å². The van der Waals surface area contributed by atoms with Gasteiger partial charge >= 0.3 is 5.97 Å². The minimum atomic E-state index is -0.704. The maximum atomic E-state index is 10.4. The predicted molar refractivity (Wildman–Crippen MR) is 79.6 cm³/mol. The van der Waals surface area contributed by atoms with Crippen molar-refractivity contribution in [3.05, 3.63) is 35.9 Å². The summed E-state index contributed by atoms with van der Waals surface area (Å²) in [6.07, 6.45) is 3.29. The Bertz CT molecular complexity index is 400. The lowest BCUT2D eigenvalue weighted by Gasteiger charge is -2.32. The van der Waals surface area contributed by atoms with E-state index in [2.05, 4.69) is 40.5 Å². The molecule has 1 aromatic carbocycles. The minimum Gasteiger partial charge on any atom is -0.481 e. The van der Waals surface area contributed by atoms with Crippen LogP contribution in [0, 0.1) is 0 Å². The van der Waals surface area contributed by atoms with Gasteiger partial charge < -0.3 is 10.4 Å². The van der Waals surface area contributed by atoms with Crippen LogP contribution in [0.4, 0.5) is 0 Å². The lowest BCUT2D eigenvalue weighted by Crippen LogP contribution is -2.42.